The average Bonchev–Trinajstić information content (AvgIpc) is 2.54. The SMILES string of the molecule is CN(C)CCCNc1ccc(C(=O)Nc2ccccc2Cl)cn1. The summed E-state index contributed by atoms with van der Waals surface area (Å²) in [6.45, 7) is 1.86. The van der Waals surface area contributed by atoms with Crippen LogP contribution in [0.1, 0.15) is 16.8 Å². The topological polar surface area (TPSA) is 57.3 Å². The molecule has 0 aliphatic heterocycles. The first-order valence-electron chi connectivity index (χ1n) is 7.47. The summed E-state index contributed by atoms with van der Waals surface area (Å²) in [5.74, 6) is 0.530. The summed E-state index contributed by atoms with van der Waals surface area (Å²) in [5.41, 5.74) is 1.08. The number of rotatable bonds is 7. The van der Waals surface area contributed by atoms with Crippen LogP contribution in [-0.4, -0.2) is 43.0 Å². The van der Waals surface area contributed by atoms with Crippen molar-refractivity contribution in [2.75, 3.05) is 37.8 Å². The van der Waals surface area contributed by atoms with Gasteiger partial charge in [-0.2, -0.15) is 0 Å². The van der Waals surface area contributed by atoms with E-state index in [9.17, 15) is 4.79 Å². The predicted molar refractivity (Wildman–Crippen MR) is 95.3 cm³/mol. The summed E-state index contributed by atoms with van der Waals surface area (Å²) in [6.07, 6.45) is 2.59. The van der Waals surface area contributed by atoms with E-state index in [2.05, 4.69) is 20.5 Å². The van der Waals surface area contributed by atoms with Crippen molar-refractivity contribution in [3.8, 4) is 0 Å². The van der Waals surface area contributed by atoms with E-state index >= 15 is 0 Å². The molecule has 23 heavy (non-hydrogen) atoms. The number of para-hydroxylation sites is 1. The van der Waals surface area contributed by atoms with Crippen molar-refractivity contribution in [2.45, 2.75) is 6.42 Å². The molecular weight excluding hydrogens is 312 g/mol. The first kappa shape index (κ1) is 17.2. The molecule has 0 fully saturated rings. The Bertz CT molecular complexity index is 643. The highest BCUT2D eigenvalue weighted by molar-refractivity contribution is 6.33. The van der Waals surface area contributed by atoms with Crippen LogP contribution < -0.4 is 10.6 Å². The number of benzene rings is 1. The Hall–Kier alpha value is -2.11. The highest BCUT2D eigenvalue weighted by atomic mass is 35.5. The molecule has 6 heteroatoms. The summed E-state index contributed by atoms with van der Waals surface area (Å²) in [6, 6.07) is 10.7. The molecule has 1 amide bonds. The quantitative estimate of drug-likeness (QED) is 0.763. The Labute approximate surface area is 141 Å². The lowest BCUT2D eigenvalue weighted by molar-refractivity contribution is 0.102. The van der Waals surface area contributed by atoms with Crippen molar-refractivity contribution in [3.63, 3.8) is 0 Å². The van der Waals surface area contributed by atoms with E-state index in [0.29, 0.717) is 16.3 Å². The number of amides is 1. The van der Waals surface area contributed by atoms with E-state index in [1.807, 2.05) is 26.2 Å². The van der Waals surface area contributed by atoms with Crippen LogP contribution >= 0.6 is 11.6 Å². The molecule has 0 saturated heterocycles. The van der Waals surface area contributed by atoms with E-state index in [1.54, 1.807) is 30.5 Å². The Kier molecular flexibility index (Phi) is 6.38. The Morgan fingerprint density at radius 3 is 2.65 bits per heavy atom. The fourth-order valence-electron chi connectivity index (χ4n) is 2.00. The smallest absolute Gasteiger partial charge is 0.257 e. The lowest BCUT2D eigenvalue weighted by Crippen LogP contribution is -2.17. The highest BCUT2D eigenvalue weighted by Gasteiger charge is 2.08. The van der Waals surface area contributed by atoms with E-state index in [1.165, 1.54) is 0 Å². The Morgan fingerprint density at radius 1 is 1.22 bits per heavy atom. The van der Waals surface area contributed by atoms with Crippen molar-refractivity contribution in [3.05, 3.63) is 53.2 Å². The molecule has 5 nitrogen and oxygen atoms in total. The molecule has 122 valence electrons. The summed E-state index contributed by atoms with van der Waals surface area (Å²) >= 11 is 6.03. The van der Waals surface area contributed by atoms with Crippen LogP contribution in [0.25, 0.3) is 0 Å². The van der Waals surface area contributed by atoms with Crippen molar-refractivity contribution >= 4 is 29.0 Å². The van der Waals surface area contributed by atoms with Crippen molar-refractivity contribution in [2.24, 2.45) is 0 Å². The standard InChI is InChI=1S/C17H21ClN4O/c1-22(2)11-5-10-19-16-9-8-13(12-20-16)17(23)21-15-7-4-3-6-14(15)18/h3-4,6-9,12H,5,10-11H2,1-2H3,(H,19,20)(H,21,23). The number of hydrogen-bond acceptors (Lipinski definition) is 4. The Morgan fingerprint density at radius 2 is 2.00 bits per heavy atom. The van der Waals surface area contributed by atoms with Crippen LogP contribution in [0.4, 0.5) is 11.5 Å². The second kappa shape index (κ2) is 8.50. The maximum absolute atomic E-state index is 12.2. The molecule has 1 aromatic carbocycles. The lowest BCUT2D eigenvalue weighted by Gasteiger charge is -2.10. The van der Waals surface area contributed by atoms with Gasteiger partial charge in [-0.25, -0.2) is 4.98 Å². The van der Waals surface area contributed by atoms with Gasteiger partial charge in [-0.05, 0) is 51.3 Å². The molecule has 0 atom stereocenters. The van der Waals surface area contributed by atoms with Crippen LogP contribution in [-0.2, 0) is 0 Å². The third-order valence-electron chi connectivity index (χ3n) is 3.24. The number of hydrogen-bond donors (Lipinski definition) is 2. The van der Waals surface area contributed by atoms with E-state index < -0.39 is 0 Å². The van der Waals surface area contributed by atoms with Gasteiger partial charge in [-0.15, -0.1) is 0 Å². The van der Waals surface area contributed by atoms with Crippen LogP contribution in [0.3, 0.4) is 0 Å². The number of halogens is 1. The number of nitrogens with one attached hydrogen (secondary N) is 2. The molecule has 1 heterocycles. The highest BCUT2D eigenvalue weighted by Crippen LogP contribution is 2.21. The second-order valence-electron chi connectivity index (χ2n) is 5.45. The fourth-order valence-corrected chi connectivity index (χ4v) is 2.18. The zero-order chi connectivity index (χ0) is 16.7. The number of pyridine rings is 1. The van der Waals surface area contributed by atoms with Gasteiger partial charge < -0.3 is 15.5 Å². The molecule has 0 aliphatic carbocycles. The number of carbonyl (C=O) groups excluding carboxylic acids is 1. The fraction of sp³-hybridized carbons (Fsp3) is 0.294. The molecular formula is C17H21ClN4O. The van der Waals surface area contributed by atoms with Crippen molar-refractivity contribution < 1.29 is 4.79 Å². The average molecular weight is 333 g/mol. The minimum Gasteiger partial charge on any atom is -0.370 e. The van der Waals surface area contributed by atoms with Gasteiger partial charge in [0.25, 0.3) is 5.91 Å². The maximum Gasteiger partial charge on any atom is 0.257 e. The number of anilines is 2. The van der Waals surface area contributed by atoms with Crippen LogP contribution in [0.5, 0.6) is 0 Å². The van der Waals surface area contributed by atoms with Gasteiger partial charge in [0.05, 0.1) is 16.3 Å². The third-order valence-corrected chi connectivity index (χ3v) is 3.57. The number of aromatic nitrogens is 1. The molecule has 0 unspecified atom stereocenters. The number of carbonyl (C=O) groups is 1. The van der Waals surface area contributed by atoms with E-state index in [-0.39, 0.29) is 5.91 Å². The molecule has 0 radical (unpaired) electrons. The van der Waals surface area contributed by atoms with Crippen LogP contribution in [0.2, 0.25) is 5.02 Å². The van der Waals surface area contributed by atoms with Crippen LogP contribution in [0.15, 0.2) is 42.6 Å². The molecule has 2 N–H and O–H groups in total. The van der Waals surface area contributed by atoms with E-state index in [4.69, 9.17) is 11.6 Å². The third kappa shape index (κ3) is 5.54. The van der Waals surface area contributed by atoms with Gasteiger partial charge in [0.15, 0.2) is 0 Å². The molecule has 0 saturated carbocycles. The minimum atomic E-state index is -0.232. The minimum absolute atomic E-state index is 0.232. The van der Waals surface area contributed by atoms with Gasteiger partial charge >= 0.3 is 0 Å². The molecule has 0 bridgehead atoms. The maximum atomic E-state index is 12.2. The molecule has 1 aromatic heterocycles. The monoisotopic (exact) mass is 332 g/mol. The van der Waals surface area contributed by atoms with Gasteiger partial charge in [0, 0.05) is 12.7 Å². The summed E-state index contributed by atoms with van der Waals surface area (Å²) in [5, 5.41) is 6.52. The molecule has 2 rings (SSSR count). The van der Waals surface area contributed by atoms with Crippen molar-refractivity contribution in [1.29, 1.82) is 0 Å². The predicted octanol–water partition coefficient (Wildman–Crippen LogP) is 3.35. The van der Waals surface area contributed by atoms with Gasteiger partial charge in [-0.3, -0.25) is 4.79 Å². The van der Waals surface area contributed by atoms with Gasteiger partial charge in [0.1, 0.15) is 5.82 Å². The van der Waals surface area contributed by atoms with Gasteiger partial charge in [-0.1, -0.05) is 23.7 Å². The summed E-state index contributed by atoms with van der Waals surface area (Å²) < 4.78 is 0. The first-order valence-corrected chi connectivity index (χ1v) is 7.84. The van der Waals surface area contributed by atoms with Gasteiger partial charge in [0.2, 0.25) is 0 Å². The first-order chi connectivity index (χ1) is 11.1. The lowest BCUT2D eigenvalue weighted by atomic mass is 10.2. The second-order valence-corrected chi connectivity index (χ2v) is 5.86. The van der Waals surface area contributed by atoms with Crippen molar-refractivity contribution in [1.82, 2.24) is 9.88 Å². The van der Waals surface area contributed by atoms with E-state index in [0.717, 1.165) is 25.3 Å². The largest absolute Gasteiger partial charge is 0.370 e. The zero-order valence-corrected chi connectivity index (χ0v) is 14.1. The summed E-state index contributed by atoms with van der Waals surface area (Å²) in [7, 11) is 4.09. The molecule has 0 aliphatic rings. The Balaban J connectivity index is 1.89. The summed E-state index contributed by atoms with van der Waals surface area (Å²) in [4.78, 5) is 18.6. The van der Waals surface area contributed by atoms with Crippen LogP contribution in [0, 0.1) is 0 Å². The molecule has 0 spiro atoms. The number of nitrogens with zero attached hydrogens (tertiary/aromatic N) is 2. The zero-order valence-electron chi connectivity index (χ0n) is 13.3. The normalized spacial score (nSPS) is 10.6. The molecule has 2 aromatic rings.